The summed E-state index contributed by atoms with van der Waals surface area (Å²) in [5, 5.41) is 8.64. The summed E-state index contributed by atoms with van der Waals surface area (Å²) in [6.07, 6.45) is 0.284. The number of nitrogens with zero attached hydrogens (tertiary/aromatic N) is 2. The second kappa shape index (κ2) is 5.92. The molecule has 18 heavy (non-hydrogen) atoms. The van der Waals surface area contributed by atoms with Crippen LogP contribution in [0.15, 0.2) is 18.2 Å². The molecule has 0 radical (unpaired) electrons. The first kappa shape index (κ1) is 13.8. The third kappa shape index (κ3) is 2.92. The third-order valence-electron chi connectivity index (χ3n) is 2.86. The lowest BCUT2D eigenvalue weighted by atomic mass is 10.1. The third-order valence-corrected chi connectivity index (χ3v) is 2.86. The Kier molecular flexibility index (Phi) is 4.55. The molecule has 96 valence electrons. The summed E-state index contributed by atoms with van der Waals surface area (Å²) < 4.78 is 5.07. The standard InChI is InChI=1S/C13H17N3O2/c1-9(6-7-14)16(2)13(17)11-8-10(18-3)4-5-12(11)15/h4-5,8-9H,6,15H2,1-3H3. The molecule has 0 aliphatic heterocycles. The number of hydrogen-bond acceptors (Lipinski definition) is 4. The summed E-state index contributed by atoms with van der Waals surface area (Å²) in [4.78, 5) is 13.7. The Morgan fingerprint density at radius 3 is 2.83 bits per heavy atom. The van der Waals surface area contributed by atoms with Gasteiger partial charge in [0.2, 0.25) is 0 Å². The van der Waals surface area contributed by atoms with Crippen molar-refractivity contribution in [3.8, 4) is 11.8 Å². The number of nitriles is 1. The van der Waals surface area contributed by atoms with E-state index >= 15 is 0 Å². The maximum atomic E-state index is 12.2. The van der Waals surface area contributed by atoms with Crippen LogP contribution in [0.5, 0.6) is 5.75 Å². The fraction of sp³-hybridized carbons (Fsp3) is 0.385. The highest BCUT2D eigenvalue weighted by Crippen LogP contribution is 2.21. The number of hydrogen-bond donors (Lipinski definition) is 1. The first-order valence-electron chi connectivity index (χ1n) is 5.58. The lowest BCUT2D eigenvalue weighted by Gasteiger charge is -2.23. The van der Waals surface area contributed by atoms with Gasteiger partial charge in [0.1, 0.15) is 5.75 Å². The summed E-state index contributed by atoms with van der Waals surface area (Å²) in [5.74, 6) is 0.364. The van der Waals surface area contributed by atoms with Crippen LogP contribution in [0, 0.1) is 11.3 Å². The number of anilines is 1. The molecule has 0 aromatic heterocycles. The number of amides is 1. The van der Waals surface area contributed by atoms with Crippen molar-refractivity contribution in [1.82, 2.24) is 4.90 Å². The van der Waals surface area contributed by atoms with E-state index in [1.165, 1.54) is 12.0 Å². The zero-order valence-corrected chi connectivity index (χ0v) is 10.8. The first-order chi connectivity index (χ1) is 8.51. The Bertz CT molecular complexity index is 480. The van der Waals surface area contributed by atoms with Crippen LogP contribution in [0.3, 0.4) is 0 Å². The molecule has 0 fully saturated rings. The highest BCUT2D eigenvalue weighted by Gasteiger charge is 2.19. The highest BCUT2D eigenvalue weighted by atomic mass is 16.5. The van der Waals surface area contributed by atoms with Crippen LogP contribution >= 0.6 is 0 Å². The van der Waals surface area contributed by atoms with Crippen molar-refractivity contribution in [2.45, 2.75) is 19.4 Å². The van der Waals surface area contributed by atoms with Crippen molar-refractivity contribution >= 4 is 11.6 Å². The van der Waals surface area contributed by atoms with E-state index in [9.17, 15) is 4.79 Å². The van der Waals surface area contributed by atoms with Crippen molar-refractivity contribution in [2.24, 2.45) is 0 Å². The molecule has 0 bridgehead atoms. The van der Waals surface area contributed by atoms with Gasteiger partial charge in [0.25, 0.3) is 5.91 Å². The van der Waals surface area contributed by atoms with Gasteiger partial charge < -0.3 is 15.4 Å². The van der Waals surface area contributed by atoms with Gasteiger partial charge in [-0.3, -0.25) is 4.79 Å². The number of carbonyl (C=O) groups excluding carboxylic acids is 1. The molecule has 5 heteroatoms. The van der Waals surface area contributed by atoms with Crippen LogP contribution in [0.25, 0.3) is 0 Å². The predicted molar refractivity (Wildman–Crippen MR) is 69.2 cm³/mol. The van der Waals surface area contributed by atoms with Gasteiger partial charge in [-0.15, -0.1) is 0 Å². The second-order valence-electron chi connectivity index (χ2n) is 4.08. The Labute approximate surface area is 107 Å². The summed E-state index contributed by atoms with van der Waals surface area (Å²) in [6.45, 7) is 1.82. The highest BCUT2D eigenvalue weighted by molar-refractivity contribution is 5.99. The number of benzene rings is 1. The molecule has 1 amide bonds. The van der Waals surface area contributed by atoms with Gasteiger partial charge in [0.15, 0.2) is 0 Å². The molecule has 0 saturated heterocycles. The maximum Gasteiger partial charge on any atom is 0.256 e. The van der Waals surface area contributed by atoms with E-state index < -0.39 is 0 Å². The lowest BCUT2D eigenvalue weighted by Crippen LogP contribution is -2.35. The summed E-state index contributed by atoms with van der Waals surface area (Å²) >= 11 is 0. The van der Waals surface area contributed by atoms with E-state index in [0.29, 0.717) is 17.0 Å². The molecule has 1 rings (SSSR count). The minimum atomic E-state index is -0.214. The molecule has 1 aromatic rings. The average molecular weight is 247 g/mol. The average Bonchev–Trinajstić information content (AvgIpc) is 2.38. The van der Waals surface area contributed by atoms with Crippen LogP contribution in [0.1, 0.15) is 23.7 Å². The quantitative estimate of drug-likeness (QED) is 0.820. The molecule has 0 aliphatic carbocycles. The zero-order chi connectivity index (χ0) is 13.7. The fourth-order valence-corrected chi connectivity index (χ4v) is 1.51. The minimum absolute atomic E-state index is 0.159. The largest absolute Gasteiger partial charge is 0.497 e. The Balaban J connectivity index is 3.00. The molecule has 1 atom stereocenters. The molecule has 0 spiro atoms. The molecule has 0 saturated carbocycles. The Morgan fingerprint density at radius 1 is 1.61 bits per heavy atom. The van der Waals surface area contributed by atoms with Crippen LogP contribution < -0.4 is 10.5 Å². The Morgan fingerprint density at radius 2 is 2.28 bits per heavy atom. The number of rotatable bonds is 4. The van der Waals surface area contributed by atoms with Gasteiger partial charge in [0, 0.05) is 18.8 Å². The molecule has 0 aliphatic rings. The van der Waals surface area contributed by atoms with Crippen molar-refractivity contribution in [3.63, 3.8) is 0 Å². The maximum absolute atomic E-state index is 12.2. The molecular weight excluding hydrogens is 230 g/mol. The zero-order valence-electron chi connectivity index (χ0n) is 10.8. The predicted octanol–water partition coefficient (Wildman–Crippen LogP) is 1.65. The van der Waals surface area contributed by atoms with Crippen molar-refractivity contribution in [1.29, 1.82) is 5.26 Å². The van der Waals surface area contributed by atoms with Crippen molar-refractivity contribution in [3.05, 3.63) is 23.8 Å². The fourth-order valence-electron chi connectivity index (χ4n) is 1.51. The van der Waals surface area contributed by atoms with Gasteiger partial charge in [-0.05, 0) is 25.1 Å². The van der Waals surface area contributed by atoms with Crippen LogP contribution in [-0.2, 0) is 0 Å². The summed E-state index contributed by atoms with van der Waals surface area (Å²) in [5.41, 5.74) is 6.58. The van der Waals surface area contributed by atoms with Crippen LogP contribution in [0.4, 0.5) is 5.69 Å². The van der Waals surface area contributed by atoms with Crippen LogP contribution in [-0.4, -0.2) is 31.0 Å². The van der Waals surface area contributed by atoms with E-state index in [1.807, 2.05) is 13.0 Å². The molecule has 0 heterocycles. The molecule has 5 nitrogen and oxygen atoms in total. The summed E-state index contributed by atoms with van der Waals surface area (Å²) in [7, 11) is 3.19. The number of nitrogens with two attached hydrogens (primary N) is 1. The SMILES string of the molecule is COc1ccc(N)c(C(=O)N(C)C(C)CC#N)c1. The number of methoxy groups -OCH3 is 1. The van der Waals surface area contributed by atoms with Gasteiger partial charge in [-0.1, -0.05) is 0 Å². The number of carbonyl (C=O) groups is 1. The van der Waals surface area contributed by atoms with Crippen LogP contribution in [0.2, 0.25) is 0 Å². The van der Waals surface area contributed by atoms with E-state index in [-0.39, 0.29) is 18.4 Å². The smallest absolute Gasteiger partial charge is 0.256 e. The normalized spacial score (nSPS) is 11.4. The van der Waals surface area contributed by atoms with Crippen molar-refractivity contribution < 1.29 is 9.53 Å². The second-order valence-corrected chi connectivity index (χ2v) is 4.08. The molecule has 1 aromatic carbocycles. The van der Waals surface area contributed by atoms with E-state index in [2.05, 4.69) is 0 Å². The number of nitrogen functional groups attached to an aromatic ring is 1. The van der Waals surface area contributed by atoms with Gasteiger partial charge >= 0.3 is 0 Å². The molecule has 2 N–H and O–H groups in total. The molecule has 1 unspecified atom stereocenters. The van der Waals surface area contributed by atoms with E-state index in [0.717, 1.165) is 0 Å². The van der Waals surface area contributed by atoms with Gasteiger partial charge in [-0.25, -0.2) is 0 Å². The minimum Gasteiger partial charge on any atom is -0.497 e. The Hall–Kier alpha value is -2.22. The van der Waals surface area contributed by atoms with Crippen molar-refractivity contribution in [2.75, 3.05) is 19.9 Å². The topological polar surface area (TPSA) is 79.3 Å². The van der Waals surface area contributed by atoms with E-state index in [4.69, 9.17) is 15.7 Å². The molecular formula is C13H17N3O2. The summed E-state index contributed by atoms with van der Waals surface area (Å²) in [6, 6.07) is 6.82. The monoisotopic (exact) mass is 247 g/mol. The first-order valence-corrected chi connectivity index (χ1v) is 5.58. The van der Waals surface area contributed by atoms with E-state index in [1.54, 1.807) is 25.2 Å². The van der Waals surface area contributed by atoms with Gasteiger partial charge in [-0.2, -0.15) is 5.26 Å². The van der Waals surface area contributed by atoms with Gasteiger partial charge in [0.05, 0.1) is 25.2 Å². The lowest BCUT2D eigenvalue weighted by molar-refractivity contribution is 0.0747. The number of ether oxygens (including phenoxy) is 1.